The first kappa shape index (κ1) is 11.9. The van der Waals surface area contributed by atoms with Gasteiger partial charge in [-0.05, 0) is 43.4 Å². The minimum Gasteiger partial charge on any atom is -0.299 e. The second-order valence-electron chi connectivity index (χ2n) is 6.33. The third kappa shape index (κ3) is 1.74. The zero-order valence-corrected chi connectivity index (χ0v) is 10.9. The Morgan fingerprint density at radius 2 is 2.06 bits per heavy atom. The first-order valence-corrected chi connectivity index (χ1v) is 6.66. The zero-order chi connectivity index (χ0) is 11.9. The topological polar surface area (TPSA) is 17.1 Å². The standard InChI is InChI=1S/C15H24O/c1-10(2)12-7-8-15(4)13(9-12)11(3)5-6-14(15)16/h10,12-13H,3,5-9H2,1-2,4H3/t12?,13?,15-/m0/s1. The minimum atomic E-state index is -0.0687. The van der Waals surface area contributed by atoms with Crippen molar-refractivity contribution in [2.45, 2.75) is 52.9 Å². The minimum absolute atomic E-state index is 0.0687. The summed E-state index contributed by atoms with van der Waals surface area (Å²) in [6, 6.07) is 0. The monoisotopic (exact) mass is 220 g/mol. The van der Waals surface area contributed by atoms with Crippen LogP contribution >= 0.6 is 0 Å². The fourth-order valence-electron chi connectivity index (χ4n) is 3.63. The summed E-state index contributed by atoms with van der Waals surface area (Å²) in [5, 5.41) is 0. The van der Waals surface area contributed by atoms with Gasteiger partial charge in [0.1, 0.15) is 5.78 Å². The third-order valence-electron chi connectivity index (χ3n) is 5.09. The van der Waals surface area contributed by atoms with E-state index in [0.717, 1.165) is 31.1 Å². The fraction of sp³-hybridized carbons (Fsp3) is 0.800. The molecular weight excluding hydrogens is 196 g/mol. The lowest BCUT2D eigenvalue weighted by molar-refractivity contribution is -0.135. The largest absolute Gasteiger partial charge is 0.299 e. The van der Waals surface area contributed by atoms with E-state index in [2.05, 4.69) is 27.4 Å². The molecule has 0 heterocycles. The van der Waals surface area contributed by atoms with Gasteiger partial charge in [-0.2, -0.15) is 0 Å². The number of carbonyl (C=O) groups is 1. The van der Waals surface area contributed by atoms with Crippen LogP contribution in [0, 0.1) is 23.2 Å². The molecule has 0 aromatic carbocycles. The van der Waals surface area contributed by atoms with Gasteiger partial charge in [-0.25, -0.2) is 0 Å². The SMILES string of the molecule is C=C1CCC(=O)[C@@]2(C)CCC(C(C)C)CC12. The number of allylic oxidation sites excluding steroid dienone is 1. The lowest BCUT2D eigenvalue weighted by Gasteiger charge is -2.48. The highest BCUT2D eigenvalue weighted by Crippen LogP contribution is 2.52. The molecule has 0 aromatic heterocycles. The Hall–Kier alpha value is -0.590. The lowest BCUT2D eigenvalue weighted by Crippen LogP contribution is -2.45. The number of fused-ring (bicyclic) bond motifs is 1. The molecule has 2 unspecified atom stereocenters. The molecule has 0 spiro atoms. The number of hydrogen-bond acceptors (Lipinski definition) is 1. The Balaban J connectivity index is 2.22. The Bertz CT molecular complexity index is 315. The zero-order valence-electron chi connectivity index (χ0n) is 10.9. The molecule has 90 valence electrons. The third-order valence-corrected chi connectivity index (χ3v) is 5.09. The van der Waals surface area contributed by atoms with Gasteiger partial charge in [0, 0.05) is 11.8 Å². The molecule has 2 fully saturated rings. The Kier molecular flexibility index (Phi) is 2.98. The van der Waals surface area contributed by atoms with Crippen molar-refractivity contribution in [1.29, 1.82) is 0 Å². The van der Waals surface area contributed by atoms with Gasteiger partial charge < -0.3 is 0 Å². The average Bonchev–Trinajstić information content (AvgIpc) is 2.24. The Morgan fingerprint density at radius 1 is 1.38 bits per heavy atom. The average molecular weight is 220 g/mol. The van der Waals surface area contributed by atoms with Crippen LogP contribution in [0.25, 0.3) is 0 Å². The summed E-state index contributed by atoms with van der Waals surface area (Å²) in [4.78, 5) is 12.1. The second kappa shape index (κ2) is 4.01. The molecule has 0 aliphatic heterocycles. The van der Waals surface area contributed by atoms with E-state index in [4.69, 9.17) is 0 Å². The molecule has 0 radical (unpaired) electrons. The van der Waals surface area contributed by atoms with Crippen molar-refractivity contribution in [2.24, 2.45) is 23.2 Å². The number of rotatable bonds is 1. The van der Waals surface area contributed by atoms with Crippen molar-refractivity contribution in [3.63, 3.8) is 0 Å². The van der Waals surface area contributed by atoms with Crippen LogP contribution in [0.4, 0.5) is 0 Å². The summed E-state index contributed by atoms with van der Waals surface area (Å²) in [7, 11) is 0. The highest BCUT2D eigenvalue weighted by molar-refractivity contribution is 5.86. The van der Waals surface area contributed by atoms with Gasteiger partial charge >= 0.3 is 0 Å². The smallest absolute Gasteiger partial charge is 0.139 e. The highest BCUT2D eigenvalue weighted by Gasteiger charge is 2.48. The molecular formula is C15H24O. The van der Waals surface area contributed by atoms with E-state index >= 15 is 0 Å². The van der Waals surface area contributed by atoms with Crippen molar-refractivity contribution >= 4 is 5.78 Å². The predicted molar refractivity (Wildman–Crippen MR) is 67.2 cm³/mol. The first-order chi connectivity index (χ1) is 7.45. The van der Waals surface area contributed by atoms with Crippen LogP contribution in [0.15, 0.2) is 12.2 Å². The molecule has 1 heteroatoms. The molecule has 2 aliphatic carbocycles. The fourth-order valence-corrected chi connectivity index (χ4v) is 3.63. The number of ketones is 1. The van der Waals surface area contributed by atoms with Crippen LogP contribution in [0.5, 0.6) is 0 Å². The maximum Gasteiger partial charge on any atom is 0.139 e. The van der Waals surface area contributed by atoms with Crippen LogP contribution in [0.3, 0.4) is 0 Å². The van der Waals surface area contributed by atoms with Crippen LogP contribution in [0.2, 0.25) is 0 Å². The molecule has 2 saturated carbocycles. The molecule has 0 saturated heterocycles. The van der Waals surface area contributed by atoms with Crippen LogP contribution < -0.4 is 0 Å². The molecule has 0 bridgehead atoms. The van der Waals surface area contributed by atoms with Crippen molar-refractivity contribution in [1.82, 2.24) is 0 Å². The maximum absolute atomic E-state index is 12.1. The summed E-state index contributed by atoms with van der Waals surface area (Å²) in [6.07, 6.45) is 5.17. The van der Waals surface area contributed by atoms with Crippen molar-refractivity contribution < 1.29 is 4.79 Å². The van der Waals surface area contributed by atoms with Gasteiger partial charge in [0.05, 0.1) is 0 Å². The number of carbonyl (C=O) groups excluding carboxylic acids is 1. The Labute approximate surface area is 99.3 Å². The van der Waals surface area contributed by atoms with E-state index in [1.54, 1.807) is 0 Å². The number of Topliss-reactive ketones (excluding diaryl/α,β-unsaturated/α-hetero) is 1. The van der Waals surface area contributed by atoms with E-state index in [1.165, 1.54) is 18.4 Å². The lowest BCUT2D eigenvalue weighted by atomic mass is 9.55. The van der Waals surface area contributed by atoms with E-state index in [-0.39, 0.29) is 5.41 Å². The van der Waals surface area contributed by atoms with Gasteiger partial charge in [0.25, 0.3) is 0 Å². The van der Waals surface area contributed by atoms with Crippen LogP contribution in [0.1, 0.15) is 52.9 Å². The highest BCUT2D eigenvalue weighted by atomic mass is 16.1. The molecule has 0 amide bonds. The van der Waals surface area contributed by atoms with Gasteiger partial charge in [-0.15, -0.1) is 0 Å². The summed E-state index contributed by atoms with van der Waals surface area (Å²) in [5.74, 6) is 2.50. The molecule has 2 rings (SSSR count). The van der Waals surface area contributed by atoms with Crippen molar-refractivity contribution in [3.8, 4) is 0 Å². The van der Waals surface area contributed by atoms with Gasteiger partial charge in [0.15, 0.2) is 0 Å². The quantitative estimate of drug-likeness (QED) is 0.611. The Morgan fingerprint density at radius 3 is 2.69 bits per heavy atom. The summed E-state index contributed by atoms with van der Waals surface area (Å²) in [5.41, 5.74) is 1.27. The van der Waals surface area contributed by atoms with E-state index in [0.29, 0.717) is 11.7 Å². The maximum atomic E-state index is 12.1. The molecule has 16 heavy (non-hydrogen) atoms. The number of hydrogen-bond donors (Lipinski definition) is 0. The predicted octanol–water partition coefficient (Wildman–Crippen LogP) is 3.98. The molecule has 0 aromatic rings. The van der Waals surface area contributed by atoms with Crippen LogP contribution in [-0.2, 0) is 4.79 Å². The van der Waals surface area contributed by atoms with Crippen molar-refractivity contribution in [2.75, 3.05) is 0 Å². The van der Waals surface area contributed by atoms with Gasteiger partial charge in [-0.3, -0.25) is 4.79 Å². The van der Waals surface area contributed by atoms with Crippen LogP contribution in [-0.4, -0.2) is 5.78 Å². The molecule has 3 atom stereocenters. The second-order valence-corrected chi connectivity index (χ2v) is 6.33. The normalized spacial score (nSPS) is 40.0. The van der Waals surface area contributed by atoms with E-state index in [9.17, 15) is 4.79 Å². The summed E-state index contributed by atoms with van der Waals surface area (Å²) in [6.45, 7) is 11.0. The van der Waals surface area contributed by atoms with Gasteiger partial charge in [-0.1, -0.05) is 32.9 Å². The van der Waals surface area contributed by atoms with Gasteiger partial charge in [0.2, 0.25) is 0 Å². The van der Waals surface area contributed by atoms with Crippen molar-refractivity contribution in [3.05, 3.63) is 12.2 Å². The molecule has 1 nitrogen and oxygen atoms in total. The summed E-state index contributed by atoms with van der Waals surface area (Å²) < 4.78 is 0. The molecule has 2 aliphatic rings. The summed E-state index contributed by atoms with van der Waals surface area (Å²) >= 11 is 0. The van der Waals surface area contributed by atoms with E-state index < -0.39 is 0 Å². The first-order valence-electron chi connectivity index (χ1n) is 6.66. The molecule has 0 N–H and O–H groups in total. The van der Waals surface area contributed by atoms with E-state index in [1.807, 2.05) is 0 Å².